The van der Waals surface area contributed by atoms with Crippen molar-refractivity contribution in [1.29, 1.82) is 0 Å². The van der Waals surface area contributed by atoms with Gasteiger partial charge in [-0.1, -0.05) is 48.9 Å². The minimum Gasteiger partial charge on any atom is -0.383 e. The van der Waals surface area contributed by atoms with Gasteiger partial charge in [-0.25, -0.2) is 0 Å². The molecule has 106 valence electrons. The zero-order valence-electron chi connectivity index (χ0n) is 11.8. The summed E-state index contributed by atoms with van der Waals surface area (Å²) in [4.78, 5) is 1.03. The van der Waals surface area contributed by atoms with E-state index < -0.39 is 6.10 Å². The lowest BCUT2D eigenvalue weighted by Crippen LogP contribution is -2.09. The van der Waals surface area contributed by atoms with Crippen LogP contribution < -0.4 is 0 Å². The molecule has 1 atom stereocenters. The van der Waals surface area contributed by atoms with Gasteiger partial charge in [0.2, 0.25) is 0 Å². The van der Waals surface area contributed by atoms with Crippen LogP contribution in [0.1, 0.15) is 47.3 Å². The maximum absolute atomic E-state index is 10.7. The Hall–Kier alpha value is -1.64. The molecule has 0 amide bonds. The summed E-state index contributed by atoms with van der Waals surface area (Å²) in [6.45, 7) is 0. The van der Waals surface area contributed by atoms with Gasteiger partial charge in [0.15, 0.2) is 0 Å². The summed E-state index contributed by atoms with van der Waals surface area (Å²) in [5, 5.41) is 11.9. The Morgan fingerprint density at radius 3 is 2.62 bits per heavy atom. The van der Waals surface area contributed by atoms with E-state index in [9.17, 15) is 5.11 Å². The molecule has 0 bridgehead atoms. The minimum atomic E-state index is -0.512. The monoisotopic (exact) mass is 294 g/mol. The number of benzene rings is 2. The molecule has 0 saturated heterocycles. The Labute approximate surface area is 128 Å². The number of fused-ring (bicyclic) bond motifs is 1. The molecule has 0 radical (unpaired) electrons. The van der Waals surface area contributed by atoms with Gasteiger partial charge in [-0.2, -0.15) is 0 Å². The number of aliphatic hydroxyl groups excluding tert-OH is 1. The van der Waals surface area contributed by atoms with Crippen molar-refractivity contribution in [3.05, 3.63) is 70.6 Å². The first-order valence-corrected chi connectivity index (χ1v) is 8.39. The number of thiophene rings is 1. The number of aliphatic hydroxyl groups is 1. The molecule has 1 fully saturated rings. The SMILES string of the molecule is OC(c1cccc(C2CCC2)c1)c1cc2ccccc2s1. The first-order chi connectivity index (χ1) is 10.3. The second-order valence-electron chi connectivity index (χ2n) is 5.89. The summed E-state index contributed by atoms with van der Waals surface area (Å²) < 4.78 is 1.24. The summed E-state index contributed by atoms with van der Waals surface area (Å²) in [5.74, 6) is 0.708. The van der Waals surface area contributed by atoms with Crippen molar-refractivity contribution in [2.24, 2.45) is 0 Å². The van der Waals surface area contributed by atoms with Gasteiger partial charge in [0, 0.05) is 9.58 Å². The molecule has 2 aromatic carbocycles. The molecule has 1 heterocycles. The van der Waals surface area contributed by atoms with Crippen LogP contribution in [0.25, 0.3) is 10.1 Å². The zero-order chi connectivity index (χ0) is 14.2. The van der Waals surface area contributed by atoms with Crippen LogP contribution in [0, 0.1) is 0 Å². The maximum Gasteiger partial charge on any atom is 0.113 e. The van der Waals surface area contributed by atoms with Gasteiger partial charge in [0.05, 0.1) is 0 Å². The standard InChI is InChI=1S/C19H18OS/c20-19(18-12-15-5-1-2-10-17(15)21-18)16-9-4-8-14(11-16)13-6-3-7-13/h1-2,4-5,8-13,19-20H,3,6-7H2. The van der Waals surface area contributed by atoms with E-state index in [0.29, 0.717) is 5.92 Å². The lowest BCUT2D eigenvalue weighted by atomic mass is 9.79. The van der Waals surface area contributed by atoms with Crippen molar-refractivity contribution in [2.45, 2.75) is 31.3 Å². The van der Waals surface area contributed by atoms with Crippen LogP contribution in [-0.4, -0.2) is 5.11 Å². The van der Waals surface area contributed by atoms with Crippen LogP contribution in [0.4, 0.5) is 0 Å². The third-order valence-corrected chi connectivity index (χ3v) is 5.69. The zero-order valence-corrected chi connectivity index (χ0v) is 12.6. The van der Waals surface area contributed by atoms with E-state index in [-0.39, 0.29) is 0 Å². The van der Waals surface area contributed by atoms with Gasteiger partial charge in [0.1, 0.15) is 6.10 Å². The Balaban J connectivity index is 1.68. The van der Waals surface area contributed by atoms with Gasteiger partial charge in [-0.15, -0.1) is 11.3 Å². The predicted molar refractivity (Wildman–Crippen MR) is 88.9 cm³/mol. The number of hydrogen-bond donors (Lipinski definition) is 1. The largest absolute Gasteiger partial charge is 0.383 e. The quantitative estimate of drug-likeness (QED) is 0.699. The molecular weight excluding hydrogens is 276 g/mol. The second kappa shape index (κ2) is 5.28. The van der Waals surface area contributed by atoms with Gasteiger partial charge < -0.3 is 5.11 Å². The van der Waals surface area contributed by atoms with E-state index >= 15 is 0 Å². The van der Waals surface area contributed by atoms with Gasteiger partial charge in [-0.3, -0.25) is 0 Å². The van der Waals surface area contributed by atoms with Crippen molar-refractivity contribution in [3.8, 4) is 0 Å². The van der Waals surface area contributed by atoms with E-state index in [0.717, 1.165) is 10.4 Å². The molecular formula is C19H18OS. The molecule has 1 saturated carbocycles. The predicted octanol–water partition coefficient (Wildman–Crippen LogP) is 5.25. The van der Waals surface area contributed by atoms with Crippen molar-refractivity contribution in [3.63, 3.8) is 0 Å². The molecule has 3 aromatic rings. The highest BCUT2D eigenvalue weighted by Crippen LogP contribution is 2.38. The van der Waals surface area contributed by atoms with E-state index in [4.69, 9.17) is 0 Å². The van der Waals surface area contributed by atoms with Crippen LogP contribution in [0.3, 0.4) is 0 Å². The van der Waals surface area contributed by atoms with Crippen molar-refractivity contribution >= 4 is 21.4 Å². The normalized spacial score (nSPS) is 16.8. The summed E-state index contributed by atoms with van der Waals surface area (Å²) in [7, 11) is 0. The van der Waals surface area contributed by atoms with Gasteiger partial charge in [0.25, 0.3) is 0 Å². The first kappa shape index (κ1) is 13.1. The number of rotatable bonds is 3. The Kier molecular flexibility index (Phi) is 3.28. The molecule has 1 aliphatic carbocycles. The molecule has 4 rings (SSSR count). The third-order valence-electron chi connectivity index (χ3n) is 4.52. The van der Waals surface area contributed by atoms with E-state index in [1.807, 2.05) is 18.2 Å². The molecule has 1 nitrogen and oxygen atoms in total. The fourth-order valence-electron chi connectivity index (χ4n) is 3.03. The average Bonchev–Trinajstić information content (AvgIpc) is 2.89. The van der Waals surface area contributed by atoms with Crippen LogP contribution in [-0.2, 0) is 0 Å². The highest BCUT2D eigenvalue weighted by molar-refractivity contribution is 7.19. The van der Waals surface area contributed by atoms with Gasteiger partial charge >= 0.3 is 0 Å². The highest BCUT2D eigenvalue weighted by atomic mass is 32.1. The highest BCUT2D eigenvalue weighted by Gasteiger charge is 2.21. The van der Waals surface area contributed by atoms with Crippen LogP contribution in [0.15, 0.2) is 54.6 Å². The lowest BCUT2D eigenvalue weighted by Gasteiger charge is -2.26. The fourth-order valence-corrected chi connectivity index (χ4v) is 4.11. The summed E-state index contributed by atoms with van der Waals surface area (Å²) in [5.41, 5.74) is 2.41. The van der Waals surface area contributed by atoms with Crippen LogP contribution >= 0.6 is 11.3 Å². The molecule has 1 unspecified atom stereocenters. The maximum atomic E-state index is 10.7. The Bertz CT molecular complexity index is 737. The lowest BCUT2D eigenvalue weighted by molar-refractivity contribution is 0.224. The Morgan fingerprint density at radius 1 is 1.00 bits per heavy atom. The summed E-state index contributed by atoms with van der Waals surface area (Å²) in [6.07, 6.45) is 3.42. The molecule has 1 N–H and O–H groups in total. The molecule has 2 heteroatoms. The summed E-state index contributed by atoms with van der Waals surface area (Å²) in [6, 6.07) is 18.9. The smallest absolute Gasteiger partial charge is 0.113 e. The first-order valence-electron chi connectivity index (χ1n) is 7.58. The van der Waals surface area contributed by atoms with Gasteiger partial charge in [-0.05, 0) is 47.4 Å². The van der Waals surface area contributed by atoms with E-state index in [2.05, 4.69) is 36.4 Å². The van der Waals surface area contributed by atoms with Crippen LogP contribution in [0.5, 0.6) is 0 Å². The van der Waals surface area contributed by atoms with Crippen molar-refractivity contribution in [1.82, 2.24) is 0 Å². The average molecular weight is 294 g/mol. The molecule has 0 spiro atoms. The fraction of sp³-hybridized carbons (Fsp3) is 0.263. The molecule has 1 aliphatic rings. The summed E-state index contributed by atoms with van der Waals surface area (Å²) >= 11 is 1.68. The molecule has 21 heavy (non-hydrogen) atoms. The van der Waals surface area contributed by atoms with E-state index in [1.165, 1.54) is 34.9 Å². The number of hydrogen-bond acceptors (Lipinski definition) is 2. The van der Waals surface area contributed by atoms with E-state index in [1.54, 1.807) is 11.3 Å². The topological polar surface area (TPSA) is 20.2 Å². The Morgan fingerprint density at radius 2 is 1.86 bits per heavy atom. The van der Waals surface area contributed by atoms with Crippen molar-refractivity contribution < 1.29 is 5.11 Å². The molecule has 0 aliphatic heterocycles. The minimum absolute atomic E-state index is 0.512. The molecule has 1 aromatic heterocycles. The van der Waals surface area contributed by atoms with Crippen LogP contribution in [0.2, 0.25) is 0 Å². The second-order valence-corrected chi connectivity index (χ2v) is 7.00. The van der Waals surface area contributed by atoms with Crippen molar-refractivity contribution in [2.75, 3.05) is 0 Å². The third kappa shape index (κ3) is 2.39.